The first kappa shape index (κ1) is 20.5. The van der Waals surface area contributed by atoms with Crippen molar-refractivity contribution in [2.45, 2.75) is 44.4 Å². The fraction of sp³-hybridized carbons (Fsp3) is 0.550. The van der Waals surface area contributed by atoms with Crippen molar-refractivity contribution >= 4 is 11.7 Å². The van der Waals surface area contributed by atoms with E-state index in [1.807, 2.05) is 0 Å². The Kier molecular flexibility index (Phi) is 5.11. The molecule has 2 aliphatic rings. The Balaban J connectivity index is 1.54. The summed E-state index contributed by atoms with van der Waals surface area (Å²) in [5, 5.41) is 7.23. The van der Waals surface area contributed by atoms with Crippen LogP contribution in [0.15, 0.2) is 29.2 Å². The first-order chi connectivity index (χ1) is 14.1. The van der Waals surface area contributed by atoms with Crippen molar-refractivity contribution in [3.63, 3.8) is 0 Å². The molecular weight excluding hydrogens is 399 g/mol. The van der Waals surface area contributed by atoms with E-state index in [2.05, 4.69) is 10.4 Å². The standard InChI is InChI=1S/C20H24F3N5O2/c1-12-8-17-24-15(10-16(20(21,22)23)28(17)25-12)14-4-3-6-27(11-14)19(30)13-5-7-26(2)18(29)9-13/h5,7-9,14-16,24H,3-4,6,10-11H2,1-2H3/t14?,15-,16+/m0/s1. The molecule has 0 radical (unpaired) electrons. The highest BCUT2D eigenvalue weighted by atomic mass is 19.4. The van der Waals surface area contributed by atoms with E-state index in [0.717, 1.165) is 11.1 Å². The van der Waals surface area contributed by atoms with Crippen molar-refractivity contribution in [1.29, 1.82) is 0 Å². The summed E-state index contributed by atoms with van der Waals surface area (Å²) in [6, 6.07) is 2.41. The van der Waals surface area contributed by atoms with Crippen LogP contribution in [0.2, 0.25) is 0 Å². The normalized spacial score (nSPS) is 24.3. The SMILES string of the molecule is Cc1cc2n(n1)[C@@H](C(F)(F)F)C[C@@H](C1CCCN(C(=O)c3ccn(C)c(=O)c3)C1)N2. The lowest BCUT2D eigenvalue weighted by Crippen LogP contribution is -2.49. The van der Waals surface area contributed by atoms with Gasteiger partial charge in [0.05, 0.1) is 5.69 Å². The molecular formula is C20H24F3N5O2. The van der Waals surface area contributed by atoms with Crippen molar-refractivity contribution in [3.8, 4) is 0 Å². The Morgan fingerprint density at radius 3 is 2.77 bits per heavy atom. The van der Waals surface area contributed by atoms with Gasteiger partial charge in [-0.05, 0) is 38.2 Å². The summed E-state index contributed by atoms with van der Waals surface area (Å²) in [6.07, 6.45) is -1.56. The molecule has 0 aliphatic carbocycles. The first-order valence-corrected chi connectivity index (χ1v) is 9.99. The number of pyridine rings is 1. The molecule has 1 unspecified atom stereocenters. The van der Waals surface area contributed by atoms with Gasteiger partial charge in [-0.1, -0.05) is 0 Å². The molecule has 0 spiro atoms. The number of fused-ring (bicyclic) bond motifs is 1. The van der Waals surface area contributed by atoms with E-state index in [-0.39, 0.29) is 23.8 Å². The number of rotatable bonds is 2. The number of amides is 1. The number of anilines is 1. The number of carbonyl (C=O) groups is 1. The van der Waals surface area contributed by atoms with Crippen LogP contribution in [0.3, 0.4) is 0 Å². The summed E-state index contributed by atoms with van der Waals surface area (Å²) in [5.41, 5.74) is 0.552. The molecule has 7 nitrogen and oxygen atoms in total. The summed E-state index contributed by atoms with van der Waals surface area (Å²) >= 11 is 0. The Labute approximate surface area is 171 Å². The summed E-state index contributed by atoms with van der Waals surface area (Å²) < 4.78 is 43.4. The highest BCUT2D eigenvalue weighted by Gasteiger charge is 2.48. The zero-order chi connectivity index (χ0) is 21.6. The van der Waals surface area contributed by atoms with E-state index in [1.54, 1.807) is 31.0 Å². The number of hydrogen-bond acceptors (Lipinski definition) is 4. The first-order valence-electron chi connectivity index (χ1n) is 9.99. The number of nitrogens with zero attached hydrogens (tertiary/aromatic N) is 4. The van der Waals surface area contributed by atoms with Crippen LogP contribution in [0, 0.1) is 12.8 Å². The number of likely N-dealkylation sites (tertiary alicyclic amines) is 1. The molecule has 1 N–H and O–H groups in total. The number of piperidine rings is 1. The number of nitrogens with one attached hydrogen (secondary N) is 1. The average molecular weight is 423 g/mol. The third kappa shape index (κ3) is 3.82. The van der Waals surface area contributed by atoms with Gasteiger partial charge in [-0.15, -0.1) is 0 Å². The summed E-state index contributed by atoms with van der Waals surface area (Å²) in [5.74, 6) is -0.0226. The molecule has 2 aromatic heterocycles. The lowest BCUT2D eigenvalue weighted by molar-refractivity contribution is -0.174. The van der Waals surface area contributed by atoms with Gasteiger partial charge < -0.3 is 14.8 Å². The van der Waals surface area contributed by atoms with Gasteiger partial charge in [0.1, 0.15) is 5.82 Å². The minimum Gasteiger partial charge on any atom is -0.367 e. The van der Waals surface area contributed by atoms with Gasteiger partial charge in [-0.25, -0.2) is 4.68 Å². The van der Waals surface area contributed by atoms with Crippen LogP contribution in [-0.4, -0.2) is 50.5 Å². The third-order valence-electron chi connectivity index (χ3n) is 6.01. The maximum Gasteiger partial charge on any atom is 0.410 e. The van der Waals surface area contributed by atoms with Crippen molar-refractivity contribution in [2.24, 2.45) is 13.0 Å². The van der Waals surface area contributed by atoms with Crippen molar-refractivity contribution in [1.82, 2.24) is 19.2 Å². The van der Waals surface area contributed by atoms with Crippen LogP contribution in [0.4, 0.5) is 19.0 Å². The zero-order valence-corrected chi connectivity index (χ0v) is 16.8. The van der Waals surface area contributed by atoms with Gasteiger partial charge in [-0.3, -0.25) is 9.59 Å². The number of halogens is 3. The van der Waals surface area contributed by atoms with E-state index in [9.17, 15) is 22.8 Å². The molecule has 10 heteroatoms. The van der Waals surface area contributed by atoms with E-state index >= 15 is 0 Å². The maximum atomic E-state index is 13.7. The van der Waals surface area contributed by atoms with Crippen LogP contribution >= 0.6 is 0 Å². The number of alkyl halides is 3. The van der Waals surface area contributed by atoms with Crippen molar-refractivity contribution in [2.75, 3.05) is 18.4 Å². The molecule has 3 atom stereocenters. The maximum absolute atomic E-state index is 13.7. The lowest BCUT2D eigenvalue weighted by Gasteiger charge is -2.41. The summed E-state index contributed by atoms with van der Waals surface area (Å²) in [6.45, 7) is 2.54. The second-order valence-electron chi connectivity index (χ2n) is 8.18. The van der Waals surface area contributed by atoms with Gasteiger partial charge in [0.15, 0.2) is 6.04 Å². The van der Waals surface area contributed by atoms with Crippen LogP contribution < -0.4 is 10.9 Å². The van der Waals surface area contributed by atoms with Gasteiger partial charge in [-0.2, -0.15) is 18.3 Å². The average Bonchev–Trinajstić information content (AvgIpc) is 3.08. The lowest BCUT2D eigenvalue weighted by atomic mass is 9.85. The number of aryl methyl sites for hydroxylation is 2. The highest BCUT2D eigenvalue weighted by Crippen LogP contribution is 2.42. The largest absolute Gasteiger partial charge is 0.410 e. The van der Waals surface area contributed by atoms with Gasteiger partial charge in [0.2, 0.25) is 0 Å². The second kappa shape index (κ2) is 7.48. The minimum absolute atomic E-state index is 0.122. The quantitative estimate of drug-likeness (QED) is 0.806. The fourth-order valence-electron chi connectivity index (χ4n) is 4.42. The molecule has 4 rings (SSSR count). The smallest absolute Gasteiger partial charge is 0.367 e. The van der Waals surface area contributed by atoms with Gasteiger partial charge >= 0.3 is 6.18 Å². The topological polar surface area (TPSA) is 72.2 Å². The molecule has 2 aliphatic heterocycles. The summed E-state index contributed by atoms with van der Waals surface area (Å²) in [4.78, 5) is 26.4. The Hall–Kier alpha value is -2.78. The monoisotopic (exact) mass is 423 g/mol. The number of carbonyl (C=O) groups excluding carboxylic acids is 1. The predicted molar refractivity (Wildman–Crippen MR) is 104 cm³/mol. The molecule has 1 saturated heterocycles. The van der Waals surface area contributed by atoms with Crippen LogP contribution in [0.25, 0.3) is 0 Å². The Bertz CT molecular complexity index is 1010. The molecule has 2 aromatic rings. The molecule has 1 fully saturated rings. The number of aromatic nitrogens is 3. The molecule has 0 saturated carbocycles. The molecule has 4 heterocycles. The zero-order valence-electron chi connectivity index (χ0n) is 16.8. The molecule has 0 aromatic carbocycles. The molecule has 1 amide bonds. The van der Waals surface area contributed by atoms with Crippen LogP contribution in [0.5, 0.6) is 0 Å². The third-order valence-corrected chi connectivity index (χ3v) is 6.01. The summed E-state index contributed by atoms with van der Waals surface area (Å²) in [7, 11) is 1.60. The van der Waals surface area contributed by atoms with Gasteiger partial charge in [0, 0.05) is 50.1 Å². The Morgan fingerprint density at radius 2 is 2.07 bits per heavy atom. The van der Waals surface area contributed by atoms with Gasteiger partial charge in [0.25, 0.3) is 11.5 Å². The van der Waals surface area contributed by atoms with Crippen molar-refractivity contribution < 1.29 is 18.0 Å². The molecule has 30 heavy (non-hydrogen) atoms. The predicted octanol–water partition coefficient (Wildman–Crippen LogP) is 2.73. The molecule has 162 valence electrons. The van der Waals surface area contributed by atoms with Crippen molar-refractivity contribution in [3.05, 3.63) is 46.0 Å². The second-order valence-corrected chi connectivity index (χ2v) is 8.18. The van der Waals surface area contributed by atoms with Crippen LogP contribution in [0.1, 0.15) is 41.4 Å². The van der Waals surface area contributed by atoms with E-state index in [0.29, 0.717) is 36.6 Å². The minimum atomic E-state index is -4.40. The molecule has 0 bridgehead atoms. The fourth-order valence-corrected chi connectivity index (χ4v) is 4.42. The Morgan fingerprint density at radius 1 is 1.30 bits per heavy atom. The number of hydrogen-bond donors (Lipinski definition) is 1. The van der Waals surface area contributed by atoms with E-state index in [4.69, 9.17) is 0 Å². The van der Waals surface area contributed by atoms with Crippen LogP contribution in [-0.2, 0) is 7.05 Å². The van der Waals surface area contributed by atoms with E-state index in [1.165, 1.54) is 16.8 Å². The highest BCUT2D eigenvalue weighted by molar-refractivity contribution is 5.94. The van der Waals surface area contributed by atoms with E-state index < -0.39 is 18.3 Å².